The van der Waals surface area contributed by atoms with Crippen LogP contribution in [0.15, 0.2) is 35.2 Å². The van der Waals surface area contributed by atoms with Crippen LogP contribution >= 0.6 is 11.8 Å². The summed E-state index contributed by atoms with van der Waals surface area (Å²) in [6, 6.07) is 6.73. The third-order valence-corrected chi connectivity index (χ3v) is 4.34. The van der Waals surface area contributed by atoms with Crippen molar-refractivity contribution in [2.45, 2.75) is 6.92 Å². The van der Waals surface area contributed by atoms with Crippen LogP contribution in [0.5, 0.6) is 5.88 Å². The molecule has 10 heteroatoms. The molecule has 8 nitrogen and oxygen atoms in total. The molecule has 1 aromatic heterocycles. The van der Waals surface area contributed by atoms with E-state index in [0.29, 0.717) is 23.0 Å². The number of hydrogen-bond donors (Lipinski definition) is 2. The van der Waals surface area contributed by atoms with Crippen molar-refractivity contribution in [1.29, 1.82) is 0 Å². The second-order valence-electron chi connectivity index (χ2n) is 5.56. The number of nitrogens with one attached hydrogen (secondary N) is 1. The Morgan fingerprint density at radius 2 is 2.00 bits per heavy atom. The van der Waals surface area contributed by atoms with Gasteiger partial charge in [-0.1, -0.05) is 12.1 Å². The molecule has 0 saturated carbocycles. The lowest BCUT2D eigenvalue weighted by Crippen LogP contribution is -2.36. The number of carbonyl (C=O) groups is 3. The van der Waals surface area contributed by atoms with Crippen LogP contribution in [-0.2, 0) is 9.59 Å². The van der Waals surface area contributed by atoms with Gasteiger partial charge in [0.05, 0.1) is 4.91 Å². The standard InChI is InChI=1S/C17H13FN4O4S/c1-9-6-13(23)20-16(19-9)21-14(24)8-22-15(25)12(27-17(22)26)7-10-2-4-11(18)5-3-10/h2-7H,8H2,1H3,(H2,19,20,21,23,24)/b12-7+. The Bertz CT molecular complexity index is 942. The fourth-order valence-electron chi connectivity index (χ4n) is 2.26. The highest BCUT2D eigenvalue weighted by atomic mass is 32.2. The third-order valence-electron chi connectivity index (χ3n) is 3.43. The van der Waals surface area contributed by atoms with Gasteiger partial charge in [0.25, 0.3) is 11.1 Å². The Morgan fingerprint density at radius 1 is 1.30 bits per heavy atom. The molecule has 0 unspecified atom stereocenters. The fraction of sp³-hybridized carbons (Fsp3) is 0.118. The van der Waals surface area contributed by atoms with Crippen molar-refractivity contribution in [2.75, 3.05) is 11.9 Å². The summed E-state index contributed by atoms with van der Waals surface area (Å²) in [6.07, 6.45) is 1.45. The number of imide groups is 1. The van der Waals surface area contributed by atoms with Crippen LogP contribution in [0.1, 0.15) is 11.3 Å². The quantitative estimate of drug-likeness (QED) is 0.773. The van der Waals surface area contributed by atoms with E-state index in [0.717, 1.165) is 4.90 Å². The number of benzene rings is 1. The van der Waals surface area contributed by atoms with E-state index < -0.39 is 29.4 Å². The number of anilines is 1. The van der Waals surface area contributed by atoms with Crippen molar-refractivity contribution >= 4 is 40.8 Å². The van der Waals surface area contributed by atoms with E-state index in [-0.39, 0.29) is 16.7 Å². The monoisotopic (exact) mass is 388 g/mol. The molecular weight excluding hydrogens is 375 g/mol. The molecule has 2 aromatic rings. The van der Waals surface area contributed by atoms with Crippen molar-refractivity contribution in [3.63, 3.8) is 0 Å². The average Bonchev–Trinajstić information content (AvgIpc) is 2.83. The van der Waals surface area contributed by atoms with Crippen molar-refractivity contribution < 1.29 is 23.9 Å². The molecule has 0 radical (unpaired) electrons. The Labute approximate surface area is 157 Å². The van der Waals surface area contributed by atoms with Gasteiger partial charge in [-0.15, -0.1) is 0 Å². The maximum atomic E-state index is 12.9. The predicted octanol–water partition coefficient (Wildman–Crippen LogP) is 2.30. The van der Waals surface area contributed by atoms with Crippen LogP contribution in [-0.4, -0.2) is 43.6 Å². The Morgan fingerprint density at radius 3 is 2.67 bits per heavy atom. The predicted molar refractivity (Wildman–Crippen MR) is 96.1 cm³/mol. The zero-order valence-electron chi connectivity index (χ0n) is 14.0. The van der Waals surface area contributed by atoms with E-state index in [4.69, 9.17) is 0 Å². The largest absolute Gasteiger partial charge is 0.493 e. The van der Waals surface area contributed by atoms with Crippen molar-refractivity contribution in [3.8, 4) is 5.88 Å². The second kappa shape index (κ2) is 7.54. The number of nitrogens with zero attached hydrogens (tertiary/aromatic N) is 3. The van der Waals surface area contributed by atoms with Gasteiger partial charge in [-0.25, -0.2) is 9.37 Å². The van der Waals surface area contributed by atoms with E-state index in [2.05, 4.69) is 15.3 Å². The summed E-state index contributed by atoms with van der Waals surface area (Å²) in [6.45, 7) is 1.08. The third kappa shape index (κ3) is 4.47. The van der Waals surface area contributed by atoms with Gasteiger partial charge in [-0.3, -0.25) is 24.6 Å². The molecule has 1 aliphatic rings. The van der Waals surface area contributed by atoms with Crippen LogP contribution in [0.25, 0.3) is 6.08 Å². The van der Waals surface area contributed by atoms with Crippen molar-refractivity contribution in [3.05, 3.63) is 52.3 Å². The number of carbonyl (C=O) groups excluding carboxylic acids is 3. The van der Waals surface area contributed by atoms with E-state index in [1.165, 1.54) is 36.4 Å². The molecule has 0 atom stereocenters. The van der Waals surface area contributed by atoms with Crippen molar-refractivity contribution in [1.82, 2.24) is 14.9 Å². The lowest BCUT2D eigenvalue weighted by atomic mass is 10.2. The van der Waals surface area contributed by atoms with E-state index in [1.54, 1.807) is 6.92 Å². The lowest BCUT2D eigenvalue weighted by Gasteiger charge is -2.12. The second-order valence-corrected chi connectivity index (χ2v) is 6.55. The minimum absolute atomic E-state index is 0.129. The number of amides is 3. The Balaban J connectivity index is 1.69. The molecule has 3 rings (SSSR count). The van der Waals surface area contributed by atoms with Crippen molar-refractivity contribution in [2.24, 2.45) is 0 Å². The normalized spacial score (nSPS) is 15.5. The summed E-state index contributed by atoms with van der Waals surface area (Å²) >= 11 is 0.688. The molecule has 0 spiro atoms. The molecule has 2 N–H and O–H groups in total. The molecule has 1 saturated heterocycles. The average molecular weight is 388 g/mol. The van der Waals surface area contributed by atoms with Gasteiger partial charge in [0.2, 0.25) is 17.7 Å². The maximum Gasteiger partial charge on any atom is 0.294 e. The first kappa shape index (κ1) is 18.5. The van der Waals surface area contributed by atoms with Gasteiger partial charge in [-0.2, -0.15) is 4.98 Å². The summed E-state index contributed by atoms with van der Waals surface area (Å²) in [5.41, 5.74) is 0.987. The van der Waals surface area contributed by atoms with Gasteiger partial charge >= 0.3 is 0 Å². The SMILES string of the molecule is Cc1cc(O)nc(NC(=O)CN2C(=O)S/C(=C/c3ccc(F)cc3)C2=O)n1. The molecule has 1 fully saturated rings. The Hall–Kier alpha value is -3.27. The molecule has 2 heterocycles. The summed E-state index contributed by atoms with van der Waals surface area (Å²) < 4.78 is 12.9. The molecule has 138 valence electrons. The van der Waals surface area contributed by atoms with Gasteiger partial charge in [0.15, 0.2) is 0 Å². The summed E-state index contributed by atoms with van der Waals surface area (Å²) in [4.78, 5) is 45.0. The number of hydrogen-bond acceptors (Lipinski definition) is 7. The molecule has 1 aliphatic heterocycles. The topological polar surface area (TPSA) is 112 Å². The molecule has 1 aromatic carbocycles. The minimum atomic E-state index is -0.690. The fourth-order valence-corrected chi connectivity index (χ4v) is 3.10. The van der Waals surface area contributed by atoms with Gasteiger partial charge in [0, 0.05) is 11.8 Å². The highest BCUT2D eigenvalue weighted by Gasteiger charge is 2.36. The van der Waals surface area contributed by atoms with Crippen LogP contribution in [0, 0.1) is 12.7 Å². The molecule has 0 aliphatic carbocycles. The molecular formula is C17H13FN4O4S. The number of aryl methyl sites for hydroxylation is 1. The molecule has 27 heavy (non-hydrogen) atoms. The van der Waals surface area contributed by atoms with Crippen LogP contribution < -0.4 is 5.32 Å². The highest BCUT2D eigenvalue weighted by molar-refractivity contribution is 8.18. The Kier molecular flexibility index (Phi) is 5.17. The first-order valence-electron chi connectivity index (χ1n) is 7.67. The van der Waals surface area contributed by atoms with Gasteiger partial charge in [-0.05, 0) is 42.5 Å². The van der Waals surface area contributed by atoms with E-state index in [1.807, 2.05) is 0 Å². The minimum Gasteiger partial charge on any atom is -0.493 e. The number of halogens is 1. The number of rotatable bonds is 4. The molecule has 0 bridgehead atoms. The number of thioether (sulfide) groups is 1. The van der Waals surface area contributed by atoms with Crippen LogP contribution in [0.4, 0.5) is 15.1 Å². The van der Waals surface area contributed by atoms with Gasteiger partial charge < -0.3 is 5.11 Å². The van der Waals surface area contributed by atoms with Crippen LogP contribution in [0.2, 0.25) is 0 Å². The highest BCUT2D eigenvalue weighted by Crippen LogP contribution is 2.32. The van der Waals surface area contributed by atoms with E-state index >= 15 is 0 Å². The zero-order chi connectivity index (χ0) is 19.6. The maximum absolute atomic E-state index is 12.9. The summed E-state index contributed by atoms with van der Waals surface area (Å²) in [5, 5.41) is 11.1. The molecule has 3 amide bonds. The number of aromatic nitrogens is 2. The number of aromatic hydroxyl groups is 1. The van der Waals surface area contributed by atoms with Crippen LogP contribution in [0.3, 0.4) is 0 Å². The summed E-state index contributed by atoms with van der Waals surface area (Å²) in [5.74, 6) is -2.18. The first-order chi connectivity index (χ1) is 12.8. The van der Waals surface area contributed by atoms with Gasteiger partial charge in [0.1, 0.15) is 12.4 Å². The smallest absolute Gasteiger partial charge is 0.294 e. The summed E-state index contributed by atoms with van der Waals surface area (Å²) in [7, 11) is 0. The zero-order valence-corrected chi connectivity index (χ0v) is 14.8. The first-order valence-corrected chi connectivity index (χ1v) is 8.49. The van der Waals surface area contributed by atoms with E-state index in [9.17, 15) is 23.9 Å². The lowest BCUT2D eigenvalue weighted by molar-refractivity contribution is -0.127.